The van der Waals surface area contributed by atoms with Crippen molar-refractivity contribution in [2.45, 2.75) is 69.8 Å². The summed E-state index contributed by atoms with van der Waals surface area (Å²) in [5, 5.41) is 10.9. The number of ether oxygens (including phenoxy) is 1. The van der Waals surface area contributed by atoms with E-state index in [9.17, 15) is 9.90 Å². The molecule has 0 unspecified atom stereocenters. The Hall–Kier alpha value is -0.420. The Morgan fingerprint density at radius 3 is 2.52 bits per heavy atom. The molecule has 4 nitrogen and oxygen atoms in total. The summed E-state index contributed by atoms with van der Waals surface area (Å²) in [7, 11) is 0. The molecule has 2 atom stereocenters. The molecule has 2 fully saturated rings. The van der Waals surface area contributed by atoms with Crippen molar-refractivity contribution in [2.75, 3.05) is 18.8 Å². The van der Waals surface area contributed by atoms with Gasteiger partial charge >= 0.3 is 6.09 Å². The van der Waals surface area contributed by atoms with Gasteiger partial charge in [-0.05, 0) is 33.6 Å². The van der Waals surface area contributed by atoms with Gasteiger partial charge in [-0.3, -0.25) is 0 Å². The monoisotopic (exact) mass is 315 g/mol. The second kappa shape index (κ2) is 7.23. The van der Waals surface area contributed by atoms with E-state index in [4.69, 9.17) is 4.74 Å². The predicted octanol–water partition coefficient (Wildman–Crippen LogP) is 3.28. The number of likely N-dealkylation sites (tertiary alicyclic amines) is 1. The number of rotatable bonds is 3. The van der Waals surface area contributed by atoms with Crippen LogP contribution in [0.15, 0.2) is 0 Å². The zero-order chi connectivity index (χ0) is 15.5. The maximum Gasteiger partial charge on any atom is 0.410 e. The number of hydrogen-bond acceptors (Lipinski definition) is 4. The van der Waals surface area contributed by atoms with E-state index in [1.54, 1.807) is 4.90 Å². The SMILES string of the molecule is CC(C)(C)OC(=O)N1C[C@H](CSC2CCCCC2)[C@@H](O)C1. The normalized spacial score (nSPS) is 27.9. The van der Waals surface area contributed by atoms with E-state index in [1.165, 1.54) is 32.1 Å². The van der Waals surface area contributed by atoms with E-state index in [1.807, 2.05) is 32.5 Å². The van der Waals surface area contributed by atoms with Crippen LogP contribution in [0.25, 0.3) is 0 Å². The van der Waals surface area contributed by atoms with Gasteiger partial charge in [-0.2, -0.15) is 11.8 Å². The number of hydrogen-bond donors (Lipinski definition) is 1. The number of β-amino-alcohol motifs (C(OH)–C–C–N with tert-alkyl or cyclic N) is 1. The van der Waals surface area contributed by atoms with E-state index in [0.717, 1.165) is 11.0 Å². The molecule has 1 aliphatic carbocycles. The molecule has 0 radical (unpaired) electrons. The van der Waals surface area contributed by atoms with Crippen LogP contribution in [0.5, 0.6) is 0 Å². The first-order valence-electron chi connectivity index (χ1n) is 8.13. The van der Waals surface area contributed by atoms with Gasteiger partial charge in [-0.1, -0.05) is 19.3 Å². The number of nitrogens with zero attached hydrogens (tertiary/aromatic N) is 1. The third-order valence-electron chi connectivity index (χ3n) is 4.16. The lowest BCUT2D eigenvalue weighted by Crippen LogP contribution is -2.35. The van der Waals surface area contributed by atoms with Crippen LogP contribution in [0.2, 0.25) is 0 Å². The smallest absolute Gasteiger partial charge is 0.410 e. The topological polar surface area (TPSA) is 49.8 Å². The van der Waals surface area contributed by atoms with Crippen molar-refractivity contribution >= 4 is 17.9 Å². The van der Waals surface area contributed by atoms with E-state index >= 15 is 0 Å². The van der Waals surface area contributed by atoms with E-state index in [2.05, 4.69) is 0 Å². The number of aliphatic hydroxyl groups excluding tert-OH is 1. The minimum atomic E-state index is -0.475. The highest BCUT2D eigenvalue weighted by Crippen LogP contribution is 2.31. The van der Waals surface area contributed by atoms with Gasteiger partial charge < -0.3 is 14.7 Å². The minimum Gasteiger partial charge on any atom is -0.444 e. The number of aliphatic hydroxyl groups is 1. The van der Waals surface area contributed by atoms with Gasteiger partial charge in [-0.25, -0.2) is 4.79 Å². The molecule has 21 heavy (non-hydrogen) atoms. The highest BCUT2D eigenvalue weighted by Gasteiger charge is 2.36. The van der Waals surface area contributed by atoms with Crippen molar-refractivity contribution in [3.63, 3.8) is 0 Å². The average Bonchev–Trinajstić information content (AvgIpc) is 2.77. The minimum absolute atomic E-state index is 0.185. The van der Waals surface area contributed by atoms with Gasteiger partial charge in [0.05, 0.1) is 12.6 Å². The fourth-order valence-corrected chi connectivity index (χ4v) is 4.50. The first-order valence-corrected chi connectivity index (χ1v) is 9.17. The van der Waals surface area contributed by atoms with Crippen molar-refractivity contribution in [1.82, 2.24) is 4.90 Å². The molecule has 0 aromatic heterocycles. The highest BCUT2D eigenvalue weighted by atomic mass is 32.2. The quantitative estimate of drug-likeness (QED) is 0.868. The lowest BCUT2D eigenvalue weighted by molar-refractivity contribution is 0.0270. The fraction of sp³-hybridized carbons (Fsp3) is 0.938. The zero-order valence-corrected chi connectivity index (χ0v) is 14.3. The van der Waals surface area contributed by atoms with Gasteiger partial charge in [0, 0.05) is 23.5 Å². The molecule has 0 spiro atoms. The summed E-state index contributed by atoms with van der Waals surface area (Å²) in [5.41, 5.74) is -0.475. The molecule has 122 valence electrons. The summed E-state index contributed by atoms with van der Waals surface area (Å²) in [5.74, 6) is 1.13. The lowest BCUT2D eigenvalue weighted by atomic mass is 10.0. The first kappa shape index (κ1) is 16.9. The molecule has 1 heterocycles. The molecule has 1 saturated carbocycles. The number of thioether (sulfide) groups is 1. The Labute approximate surface area is 132 Å². The average molecular weight is 315 g/mol. The number of carbonyl (C=O) groups is 1. The van der Waals surface area contributed by atoms with Gasteiger partial charge in [-0.15, -0.1) is 0 Å². The number of carbonyl (C=O) groups excluding carboxylic acids is 1. The molecule has 1 N–H and O–H groups in total. The van der Waals surface area contributed by atoms with Crippen molar-refractivity contribution < 1.29 is 14.6 Å². The van der Waals surface area contributed by atoms with Crippen LogP contribution in [-0.2, 0) is 4.74 Å². The molecule has 0 bridgehead atoms. The number of amides is 1. The Morgan fingerprint density at radius 1 is 1.24 bits per heavy atom. The summed E-state index contributed by atoms with van der Waals surface area (Å²) in [6.07, 6.45) is 5.96. The van der Waals surface area contributed by atoms with E-state index < -0.39 is 11.7 Å². The first-order chi connectivity index (χ1) is 9.85. The van der Waals surface area contributed by atoms with Gasteiger partial charge in [0.25, 0.3) is 0 Å². The van der Waals surface area contributed by atoms with Gasteiger partial charge in [0.1, 0.15) is 5.60 Å². The second-order valence-corrected chi connectivity index (χ2v) is 8.64. The van der Waals surface area contributed by atoms with Crippen LogP contribution in [0.4, 0.5) is 4.79 Å². The fourth-order valence-electron chi connectivity index (χ4n) is 2.98. The molecule has 1 aliphatic heterocycles. The largest absolute Gasteiger partial charge is 0.444 e. The van der Waals surface area contributed by atoms with Gasteiger partial charge in [0.2, 0.25) is 0 Å². The molecule has 0 aromatic carbocycles. The summed E-state index contributed by atoms with van der Waals surface area (Å²) < 4.78 is 5.38. The van der Waals surface area contributed by atoms with Crippen molar-refractivity contribution in [2.24, 2.45) is 5.92 Å². The van der Waals surface area contributed by atoms with Crippen LogP contribution in [0.3, 0.4) is 0 Å². The standard InChI is InChI=1S/C16H29NO3S/c1-16(2,3)20-15(19)17-9-12(14(18)10-17)11-21-13-7-5-4-6-8-13/h12-14,18H,4-11H2,1-3H3/t12-,14+/m1/s1. The summed E-state index contributed by atoms with van der Waals surface area (Å²) in [6, 6.07) is 0. The third kappa shape index (κ3) is 5.37. The van der Waals surface area contributed by atoms with Crippen LogP contribution in [0, 0.1) is 5.92 Å². The van der Waals surface area contributed by atoms with Crippen LogP contribution in [0.1, 0.15) is 52.9 Å². The summed E-state index contributed by atoms with van der Waals surface area (Å²) >= 11 is 1.99. The highest BCUT2D eigenvalue weighted by molar-refractivity contribution is 7.99. The molecule has 5 heteroatoms. The Bertz CT molecular complexity index is 350. The van der Waals surface area contributed by atoms with E-state index in [0.29, 0.717) is 13.1 Å². The molecular weight excluding hydrogens is 286 g/mol. The molecule has 2 aliphatic rings. The van der Waals surface area contributed by atoms with Crippen LogP contribution in [-0.4, -0.2) is 51.9 Å². The maximum absolute atomic E-state index is 12.0. The van der Waals surface area contributed by atoms with Crippen LogP contribution >= 0.6 is 11.8 Å². The molecule has 1 saturated heterocycles. The summed E-state index contributed by atoms with van der Waals surface area (Å²) in [6.45, 7) is 6.63. The summed E-state index contributed by atoms with van der Waals surface area (Å²) in [4.78, 5) is 13.7. The Morgan fingerprint density at radius 2 is 1.90 bits per heavy atom. The van der Waals surface area contributed by atoms with Crippen molar-refractivity contribution in [3.05, 3.63) is 0 Å². The predicted molar refractivity (Wildman–Crippen MR) is 86.6 cm³/mol. The van der Waals surface area contributed by atoms with Crippen molar-refractivity contribution in [1.29, 1.82) is 0 Å². The zero-order valence-electron chi connectivity index (χ0n) is 13.5. The Balaban J connectivity index is 1.76. The second-order valence-electron chi connectivity index (χ2n) is 7.31. The van der Waals surface area contributed by atoms with Crippen LogP contribution < -0.4 is 0 Å². The maximum atomic E-state index is 12.0. The third-order valence-corrected chi connectivity index (χ3v) is 5.72. The molecular formula is C16H29NO3S. The molecule has 0 aromatic rings. The van der Waals surface area contributed by atoms with Gasteiger partial charge in [0.15, 0.2) is 0 Å². The van der Waals surface area contributed by atoms with Crippen molar-refractivity contribution in [3.8, 4) is 0 Å². The van der Waals surface area contributed by atoms with E-state index in [-0.39, 0.29) is 12.0 Å². The lowest BCUT2D eigenvalue weighted by Gasteiger charge is -2.24. The Kier molecular flexibility index (Phi) is 5.83. The molecule has 1 amide bonds. The molecule has 2 rings (SSSR count).